The fraction of sp³-hybridized carbons (Fsp3) is 0.167. The van der Waals surface area contributed by atoms with Gasteiger partial charge in [0.2, 0.25) is 10.0 Å². The van der Waals surface area contributed by atoms with Crippen LogP contribution in [0.5, 0.6) is 5.75 Å². The van der Waals surface area contributed by atoms with Crippen molar-refractivity contribution >= 4 is 10.0 Å². The summed E-state index contributed by atoms with van der Waals surface area (Å²) in [6.45, 7) is 1.40. The summed E-state index contributed by atoms with van der Waals surface area (Å²) in [5, 5.41) is 10.1. The van der Waals surface area contributed by atoms with Crippen LogP contribution in [-0.2, 0) is 16.4 Å². The maximum atomic E-state index is 12.4. The number of aromatic nitrogens is 3. The number of rotatable bonds is 8. The minimum atomic E-state index is -4.00. The van der Waals surface area contributed by atoms with Crippen molar-refractivity contribution < 1.29 is 17.5 Å². The largest absolute Gasteiger partial charge is 0.491 e. The molecule has 0 spiro atoms. The standard InChI is InChI=1S/C24H23FN4O3S/c1-17-6-2-3-7-19(17)16-23-27-24(18-10-12-20(13-11-18)32-15-14-25)29(28-23)21-8-4-5-9-22(21)33(26,30)31/h2-13H,14-16H2,1H3,(H2,26,30,31). The molecule has 0 aliphatic carbocycles. The molecule has 0 saturated carbocycles. The minimum absolute atomic E-state index is 0.0299. The van der Waals surface area contributed by atoms with Crippen molar-refractivity contribution in [2.24, 2.45) is 5.14 Å². The second-order valence-electron chi connectivity index (χ2n) is 7.44. The number of aryl methyl sites for hydroxylation is 1. The number of nitrogens with two attached hydrogens (primary N) is 1. The summed E-state index contributed by atoms with van der Waals surface area (Å²) in [6.07, 6.45) is 0.474. The Morgan fingerprint density at radius 2 is 1.70 bits per heavy atom. The van der Waals surface area contributed by atoms with Crippen molar-refractivity contribution in [3.05, 3.63) is 89.7 Å². The molecular formula is C24H23FN4O3S. The molecular weight excluding hydrogens is 443 g/mol. The molecule has 4 aromatic rings. The van der Waals surface area contributed by atoms with Crippen LogP contribution in [0, 0.1) is 6.92 Å². The van der Waals surface area contributed by atoms with Crippen molar-refractivity contribution in [1.29, 1.82) is 0 Å². The number of benzene rings is 3. The highest BCUT2D eigenvalue weighted by Crippen LogP contribution is 2.27. The summed E-state index contributed by atoms with van der Waals surface area (Å²) < 4.78 is 43.7. The Hall–Kier alpha value is -3.56. The molecule has 0 amide bonds. The highest BCUT2D eigenvalue weighted by Gasteiger charge is 2.21. The molecule has 1 aromatic heterocycles. The molecule has 0 radical (unpaired) electrons. The van der Waals surface area contributed by atoms with Gasteiger partial charge in [-0.25, -0.2) is 27.6 Å². The first-order valence-corrected chi connectivity index (χ1v) is 11.8. The predicted molar refractivity (Wildman–Crippen MR) is 124 cm³/mol. The van der Waals surface area contributed by atoms with Gasteiger partial charge in [-0.3, -0.25) is 0 Å². The van der Waals surface area contributed by atoms with Crippen molar-refractivity contribution in [3.63, 3.8) is 0 Å². The summed E-state index contributed by atoms with van der Waals surface area (Å²) in [6, 6.07) is 21.3. The van der Waals surface area contributed by atoms with E-state index in [0.717, 1.165) is 11.1 Å². The lowest BCUT2D eigenvalue weighted by molar-refractivity contribution is 0.273. The van der Waals surface area contributed by atoms with Crippen LogP contribution in [0.3, 0.4) is 0 Å². The highest BCUT2D eigenvalue weighted by molar-refractivity contribution is 7.89. The predicted octanol–water partition coefficient (Wildman–Crippen LogP) is 3.83. The van der Waals surface area contributed by atoms with Crippen LogP contribution in [0.15, 0.2) is 77.7 Å². The molecule has 0 aliphatic rings. The smallest absolute Gasteiger partial charge is 0.240 e. The summed E-state index contributed by atoms with van der Waals surface area (Å²) in [5.41, 5.74) is 3.16. The molecule has 33 heavy (non-hydrogen) atoms. The second-order valence-corrected chi connectivity index (χ2v) is 8.97. The molecule has 0 saturated heterocycles. The zero-order valence-electron chi connectivity index (χ0n) is 18.0. The van der Waals surface area contributed by atoms with Gasteiger partial charge in [0, 0.05) is 12.0 Å². The Morgan fingerprint density at radius 3 is 2.39 bits per heavy atom. The third-order valence-corrected chi connectivity index (χ3v) is 6.08. The van der Waals surface area contributed by atoms with Gasteiger partial charge in [-0.15, -0.1) is 0 Å². The molecule has 3 aromatic carbocycles. The van der Waals surface area contributed by atoms with Crippen LogP contribution >= 0.6 is 0 Å². The number of sulfonamides is 1. The fourth-order valence-electron chi connectivity index (χ4n) is 3.49. The SMILES string of the molecule is Cc1ccccc1Cc1nc(-c2ccc(OCCF)cc2)n(-c2ccccc2S(N)(=O)=O)n1. The van der Waals surface area contributed by atoms with E-state index in [4.69, 9.17) is 14.9 Å². The van der Waals surface area contributed by atoms with Crippen LogP contribution in [0.25, 0.3) is 17.1 Å². The van der Waals surface area contributed by atoms with Gasteiger partial charge in [0.1, 0.15) is 23.9 Å². The molecule has 0 aliphatic heterocycles. The molecule has 4 rings (SSSR count). The van der Waals surface area contributed by atoms with Gasteiger partial charge < -0.3 is 4.74 Å². The first-order valence-electron chi connectivity index (χ1n) is 10.3. The molecule has 0 fully saturated rings. The van der Waals surface area contributed by atoms with E-state index in [0.29, 0.717) is 35.1 Å². The maximum absolute atomic E-state index is 12.4. The van der Waals surface area contributed by atoms with Gasteiger partial charge in [-0.1, -0.05) is 36.4 Å². The number of nitrogens with zero attached hydrogens (tertiary/aromatic N) is 3. The summed E-state index contributed by atoms with van der Waals surface area (Å²) in [5.74, 6) is 1.50. The van der Waals surface area contributed by atoms with Crippen molar-refractivity contribution in [3.8, 4) is 22.8 Å². The third-order valence-electron chi connectivity index (χ3n) is 5.12. The third kappa shape index (κ3) is 5.10. The number of hydrogen-bond donors (Lipinski definition) is 1. The maximum Gasteiger partial charge on any atom is 0.240 e. The lowest BCUT2D eigenvalue weighted by atomic mass is 10.1. The van der Waals surface area contributed by atoms with E-state index in [1.807, 2.05) is 31.2 Å². The number of para-hydroxylation sites is 1. The topological polar surface area (TPSA) is 100 Å². The zero-order chi connectivity index (χ0) is 23.4. The molecule has 7 nitrogen and oxygen atoms in total. The average Bonchev–Trinajstić information content (AvgIpc) is 3.23. The first kappa shape index (κ1) is 22.6. The number of primary sulfonamides is 1. The zero-order valence-corrected chi connectivity index (χ0v) is 18.8. The van der Waals surface area contributed by atoms with Crippen LogP contribution < -0.4 is 9.88 Å². The Kier molecular flexibility index (Phi) is 6.52. The number of hydrogen-bond acceptors (Lipinski definition) is 5. The highest BCUT2D eigenvalue weighted by atomic mass is 32.2. The Morgan fingerprint density at radius 1 is 1.00 bits per heavy atom. The monoisotopic (exact) mass is 466 g/mol. The van der Waals surface area contributed by atoms with E-state index in [-0.39, 0.29) is 11.5 Å². The lowest BCUT2D eigenvalue weighted by Gasteiger charge is -2.10. The van der Waals surface area contributed by atoms with Crippen molar-refractivity contribution in [2.75, 3.05) is 13.3 Å². The quantitative estimate of drug-likeness (QED) is 0.425. The molecule has 0 unspecified atom stereocenters. The van der Waals surface area contributed by atoms with Gasteiger partial charge in [-0.2, -0.15) is 5.10 Å². The summed E-state index contributed by atoms with van der Waals surface area (Å²) in [4.78, 5) is 4.67. The van der Waals surface area contributed by atoms with Crippen LogP contribution in [-0.4, -0.2) is 36.5 Å². The Bertz CT molecular complexity index is 1370. The lowest BCUT2D eigenvalue weighted by Crippen LogP contribution is -2.16. The fourth-order valence-corrected chi connectivity index (χ4v) is 4.21. The molecule has 170 valence electrons. The normalized spacial score (nSPS) is 11.5. The van der Waals surface area contributed by atoms with E-state index in [2.05, 4.69) is 5.10 Å². The Balaban J connectivity index is 1.83. The van der Waals surface area contributed by atoms with Crippen LogP contribution in [0.4, 0.5) is 4.39 Å². The van der Waals surface area contributed by atoms with Gasteiger partial charge in [0.05, 0.1) is 5.69 Å². The van der Waals surface area contributed by atoms with E-state index in [1.54, 1.807) is 42.5 Å². The van der Waals surface area contributed by atoms with Gasteiger partial charge in [0.25, 0.3) is 0 Å². The average molecular weight is 467 g/mol. The second kappa shape index (κ2) is 9.51. The number of alkyl halides is 1. The van der Waals surface area contributed by atoms with Gasteiger partial charge in [-0.05, 0) is 54.4 Å². The van der Waals surface area contributed by atoms with E-state index >= 15 is 0 Å². The molecule has 2 N–H and O–H groups in total. The minimum Gasteiger partial charge on any atom is -0.491 e. The van der Waals surface area contributed by atoms with Gasteiger partial charge in [0.15, 0.2) is 11.6 Å². The van der Waals surface area contributed by atoms with Gasteiger partial charge >= 0.3 is 0 Å². The molecule has 0 atom stereocenters. The Labute approximate surface area is 191 Å². The van der Waals surface area contributed by atoms with Crippen molar-refractivity contribution in [1.82, 2.24) is 14.8 Å². The van der Waals surface area contributed by atoms with E-state index < -0.39 is 16.7 Å². The summed E-state index contributed by atoms with van der Waals surface area (Å²) in [7, 11) is -4.00. The molecule has 1 heterocycles. The van der Waals surface area contributed by atoms with E-state index in [9.17, 15) is 12.8 Å². The van der Waals surface area contributed by atoms with Crippen LogP contribution in [0.1, 0.15) is 17.0 Å². The van der Waals surface area contributed by atoms with Crippen molar-refractivity contribution in [2.45, 2.75) is 18.2 Å². The first-order chi connectivity index (χ1) is 15.9. The summed E-state index contributed by atoms with van der Waals surface area (Å²) >= 11 is 0. The number of halogens is 1. The number of ether oxygens (including phenoxy) is 1. The van der Waals surface area contributed by atoms with E-state index in [1.165, 1.54) is 10.7 Å². The van der Waals surface area contributed by atoms with Crippen LogP contribution in [0.2, 0.25) is 0 Å². The molecule has 9 heteroatoms. The molecule has 0 bridgehead atoms.